The number of hydrogen-bond acceptors (Lipinski definition) is 1. The van der Waals surface area contributed by atoms with E-state index in [9.17, 15) is 0 Å². The summed E-state index contributed by atoms with van der Waals surface area (Å²) in [6.07, 6.45) is 2.78. The molecule has 0 amide bonds. The molecule has 2 rings (SSSR count). The lowest BCUT2D eigenvalue weighted by molar-refractivity contribution is 1.13. The molecular formula is C16H21NSi. The molecule has 2 aromatic rings. The van der Waals surface area contributed by atoms with Gasteiger partial charge < -0.3 is 0 Å². The standard InChI is InChI=1S/C16H21NSi/c1-5-13-11-15(14-9-7-6-8-10-14)17-12-16(13)18(2,3)4/h6-12H,5H2,1-4H3/i6D,7D,8D,9D. The second-order valence-corrected chi connectivity index (χ2v) is 10.4. The van der Waals surface area contributed by atoms with Crippen LogP contribution in [-0.4, -0.2) is 13.1 Å². The molecule has 0 aliphatic heterocycles. The van der Waals surface area contributed by atoms with Gasteiger partial charge in [0.25, 0.3) is 0 Å². The Morgan fingerprint density at radius 3 is 2.67 bits per heavy atom. The third-order valence-corrected chi connectivity index (χ3v) is 5.07. The quantitative estimate of drug-likeness (QED) is 0.763. The largest absolute Gasteiger partial charge is 0.256 e. The van der Waals surface area contributed by atoms with Gasteiger partial charge in [0, 0.05) is 11.8 Å². The first-order valence-electron chi connectivity index (χ1n) is 8.24. The van der Waals surface area contributed by atoms with Gasteiger partial charge in [0.1, 0.15) is 0 Å². The molecule has 0 saturated heterocycles. The van der Waals surface area contributed by atoms with Crippen LogP contribution < -0.4 is 5.19 Å². The molecule has 1 aromatic carbocycles. The Bertz CT molecular complexity index is 723. The van der Waals surface area contributed by atoms with E-state index in [0.717, 1.165) is 6.42 Å². The molecule has 0 aliphatic rings. The van der Waals surface area contributed by atoms with Crippen molar-refractivity contribution in [2.45, 2.75) is 33.0 Å². The fraction of sp³-hybridized carbons (Fsp3) is 0.312. The highest BCUT2D eigenvalue weighted by Crippen LogP contribution is 2.18. The summed E-state index contributed by atoms with van der Waals surface area (Å²) >= 11 is 0. The Balaban J connectivity index is 2.65. The van der Waals surface area contributed by atoms with Crippen molar-refractivity contribution in [3.63, 3.8) is 0 Å². The van der Waals surface area contributed by atoms with Crippen LogP contribution in [0.25, 0.3) is 11.3 Å². The molecule has 0 spiro atoms. The van der Waals surface area contributed by atoms with Gasteiger partial charge >= 0.3 is 0 Å². The van der Waals surface area contributed by atoms with Gasteiger partial charge in [0.15, 0.2) is 0 Å². The molecule has 2 heteroatoms. The van der Waals surface area contributed by atoms with Gasteiger partial charge in [-0.1, -0.05) is 56.8 Å². The Hall–Kier alpha value is -1.41. The van der Waals surface area contributed by atoms with Gasteiger partial charge in [-0.2, -0.15) is 0 Å². The summed E-state index contributed by atoms with van der Waals surface area (Å²) in [5, 5.41) is 1.31. The maximum Gasteiger partial charge on any atom is 0.0799 e. The van der Waals surface area contributed by atoms with Gasteiger partial charge in [0.2, 0.25) is 0 Å². The smallest absolute Gasteiger partial charge is 0.0799 e. The molecule has 0 bridgehead atoms. The van der Waals surface area contributed by atoms with Crippen LogP contribution in [0.5, 0.6) is 0 Å². The molecule has 0 atom stereocenters. The van der Waals surface area contributed by atoms with E-state index < -0.39 is 8.07 Å². The minimum Gasteiger partial charge on any atom is -0.256 e. The normalized spacial score (nSPS) is 14.7. The van der Waals surface area contributed by atoms with Crippen LogP contribution in [0.3, 0.4) is 0 Å². The molecule has 0 radical (unpaired) electrons. The predicted molar refractivity (Wildman–Crippen MR) is 82.0 cm³/mol. The van der Waals surface area contributed by atoms with E-state index >= 15 is 0 Å². The van der Waals surface area contributed by atoms with Gasteiger partial charge in [-0.15, -0.1) is 0 Å². The van der Waals surface area contributed by atoms with Crippen LogP contribution in [-0.2, 0) is 6.42 Å². The van der Waals surface area contributed by atoms with Crippen molar-refractivity contribution in [3.05, 3.63) is 48.1 Å². The van der Waals surface area contributed by atoms with E-state index in [1.54, 1.807) is 0 Å². The van der Waals surface area contributed by atoms with Crippen molar-refractivity contribution in [2.75, 3.05) is 0 Å². The van der Waals surface area contributed by atoms with Crippen molar-refractivity contribution in [1.29, 1.82) is 0 Å². The highest BCUT2D eigenvalue weighted by molar-refractivity contribution is 6.89. The Kier molecular flexibility index (Phi) is 2.43. The van der Waals surface area contributed by atoms with E-state index in [2.05, 4.69) is 31.5 Å². The predicted octanol–water partition coefficient (Wildman–Crippen LogP) is 3.86. The lowest BCUT2D eigenvalue weighted by Gasteiger charge is -2.20. The zero-order chi connectivity index (χ0) is 16.7. The van der Waals surface area contributed by atoms with Crippen LogP contribution in [0.1, 0.15) is 18.0 Å². The Morgan fingerprint density at radius 1 is 1.22 bits per heavy atom. The number of aromatic nitrogens is 1. The Labute approximate surface area is 117 Å². The first-order chi connectivity index (χ1) is 10.2. The summed E-state index contributed by atoms with van der Waals surface area (Å²) in [5.74, 6) is 0. The Morgan fingerprint density at radius 2 is 2.00 bits per heavy atom. The number of pyridine rings is 1. The molecule has 0 aliphatic carbocycles. The van der Waals surface area contributed by atoms with Crippen molar-refractivity contribution in [3.8, 4) is 11.3 Å². The molecule has 1 nitrogen and oxygen atoms in total. The maximum atomic E-state index is 8.05. The number of benzene rings is 1. The van der Waals surface area contributed by atoms with E-state index in [-0.39, 0.29) is 24.2 Å². The number of rotatable bonds is 3. The summed E-state index contributed by atoms with van der Waals surface area (Å²) in [7, 11) is -1.48. The molecular weight excluding hydrogens is 234 g/mol. The SMILES string of the molecule is [2H]c1cc(-c2cc(CC)c([Si](C)(C)C)cn2)c([2H])c([2H])c1[2H]. The second kappa shape index (κ2) is 5.07. The lowest BCUT2D eigenvalue weighted by atomic mass is 10.1. The summed E-state index contributed by atoms with van der Waals surface area (Å²) < 4.78 is 31.3. The summed E-state index contributed by atoms with van der Waals surface area (Å²) in [4.78, 5) is 4.48. The highest BCUT2D eigenvalue weighted by atomic mass is 28.3. The zero-order valence-corrected chi connectivity index (χ0v) is 12.4. The van der Waals surface area contributed by atoms with E-state index in [0.29, 0.717) is 11.3 Å². The third kappa shape index (κ3) is 2.70. The van der Waals surface area contributed by atoms with Crippen LogP contribution in [0, 0.1) is 0 Å². The molecule has 94 valence electrons. The fourth-order valence-corrected chi connectivity index (χ4v) is 3.69. The van der Waals surface area contributed by atoms with E-state index in [4.69, 9.17) is 5.48 Å². The molecule has 18 heavy (non-hydrogen) atoms. The molecule has 0 unspecified atom stereocenters. The zero-order valence-electron chi connectivity index (χ0n) is 15.4. The van der Waals surface area contributed by atoms with Crippen molar-refractivity contribution in [1.82, 2.24) is 4.98 Å². The topological polar surface area (TPSA) is 12.9 Å². The molecule has 0 saturated carbocycles. The first kappa shape index (κ1) is 8.65. The van der Waals surface area contributed by atoms with Gasteiger partial charge in [-0.05, 0) is 23.2 Å². The first-order valence-corrected chi connectivity index (χ1v) is 9.74. The molecule has 1 heterocycles. The van der Waals surface area contributed by atoms with Crippen molar-refractivity contribution < 1.29 is 5.48 Å². The average molecular weight is 259 g/mol. The fourth-order valence-electron chi connectivity index (χ4n) is 2.03. The van der Waals surface area contributed by atoms with Gasteiger partial charge in [-0.3, -0.25) is 4.98 Å². The van der Waals surface area contributed by atoms with Crippen LogP contribution in [0.15, 0.2) is 42.5 Å². The van der Waals surface area contributed by atoms with E-state index in [1.165, 1.54) is 16.8 Å². The van der Waals surface area contributed by atoms with Gasteiger partial charge in [-0.25, -0.2) is 0 Å². The number of hydrogen-bond donors (Lipinski definition) is 0. The second-order valence-electron chi connectivity index (χ2n) is 5.41. The van der Waals surface area contributed by atoms with E-state index in [1.807, 2.05) is 12.3 Å². The van der Waals surface area contributed by atoms with Crippen molar-refractivity contribution >= 4 is 13.3 Å². The number of nitrogens with zero attached hydrogens (tertiary/aromatic N) is 1. The van der Waals surface area contributed by atoms with Crippen molar-refractivity contribution in [2.24, 2.45) is 0 Å². The summed E-state index contributed by atoms with van der Waals surface area (Å²) in [6, 6.07) is 2.96. The molecule has 0 fully saturated rings. The maximum absolute atomic E-state index is 8.05. The van der Waals surface area contributed by atoms with Gasteiger partial charge in [0.05, 0.1) is 19.3 Å². The number of aryl methyl sites for hydroxylation is 1. The molecule has 0 N–H and O–H groups in total. The van der Waals surface area contributed by atoms with Crippen LogP contribution in [0.4, 0.5) is 0 Å². The molecule has 1 aromatic heterocycles. The highest BCUT2D eigenvalue weighted by Gasteiger charge is 2.20. The third-order valence-electron chi connectivity index (χ3n) is 3.00. The lowest BCUT2D eigenvalue weighted by Crippen LogP contribution is -2.40. The minimum atomic E-state index is -1.48. The van der Waals surface area contributed by atoms with Crippen LogP contribution >= 0.6 is 0 Å². The minimum absolute atomic E-state index is 0.0312. The summed E-state index contributed by atoms with van der Waals surface area (Å²) in [6.45, 7) is 8.93. The average Bonchev–Trinajstić information content (AvgIpc) is 2.47. The summed E-state index contributed by atoms with van der Waals surface area (Å²) in [5.41, 5.74) is 2.30. The van der Waals surface area contributed by atoms with Crippen LogP contribution in [0.2, 0.25) is 19.6 Å². The monoisotopic (exact) mass is 259 g/mol.